The van der Waals surface area contributed by atoms with Gasteiger partial charge in [0.2, 0.25) is 0 Å². The molecule has 1 saturated heterocycles. The summed E-state index contributed by atoms with van der Waals surface area (Å²) in [7, 11) is 1.43. The highest BCUT2D eigenvalue weighted by Gasteiger charge is 2.44. The largest absolute Gasteiger partial charge is 0.394 e. The molecule has 10 nitrogen and oxygen atoms in total. The minimum atomic E-state index is -1.52. The third-order valence-electron chi connectivity index (χ3n) is 3.10. The van der Waals surface area contributed by atoms with Crippen molar-refractivity contribution >= 4 is 5.91 Å². The molecule has 2 heterocycles. The van der Waals surface area contributed by atoms with Gasteiger partial charge >= 0.3 is 0 Å². The molecule has 1 aromatic rings. The number of hydrogen-bond acceptors (Lipinski definition) is 8. The highest BCUT2D eigenvalue weighted by molar-refractivity contribution is 5.91. The van der Waals surface area contributed by atoms with Crippen molar-refractivity contribution < 1.29 is 30.0 Å². The lowest BCUT2D eigenvalue weighted by molar-refractivity contribution is -0.254. The maximum atomic E-state index is 11.4. The van der Waals surface area contributed by atoms with Gasteiger partial charge in [-0.25, -0.2) is 4.68 Å². The zero-order valence-corrected chi connectivity index (χ0v) is 10.6. The molecule has 20 heavy (non-hydrogen) atoms. The maximum absolute atomic E-state index is 11.4. The van der Waals surface area contributed by atoms with Crippen LogP contribution in [-0.2, 0) is 4.74 Å². The Morgan fingerprint density at radius 3 is 2.70 bits per heavy atom. The topological polar surface area (TPSA) is 150 Å². The van der Waals surface area contributed by atoms with Crippen LogP contribution >= 0.6 is 0 Å². The Morgan fingerprint density at radius 1 is 1.40 bits per heavy atom. The van der Waals surface area contributed by atoms with E-state index < -0.39 is 43.2 Å². The zero-order chi connectivity index (χ0) is 14.9. The standard InChI is InChI=1S/C10H16N4O6/c1-11-9(19)4-2-14(13-12-4)10-8(18)7(17)6(16)5(3-15)20-10/h2,5-8,10,15-18H,3H2,1H3,(H,11,19)/t5-,6-,7+,8+,10-/m1/s1. The van der Waals surface area contributed by atoms with Crippen LogP contribution in [0.5, 0.6) is 0 Å². The van der Waals surface area contributed by atoms with Gasteiger partial charge in [0.05, 0.1) is 12.8 Å². The summed E-state index contributed by atoms with van der Waals surface area (Å²) in [6.07, 6.45) is -5.44. The molecule has 1 amide bonds. The summed E-state index contributed by atoms with van der Waals surface area (Å²) in [6, 6.07) is 0. The molecule has 1 aromatic heterocycles. The smallest absolute Gasteiger partial charge is 0.273 e. The SMILES string of the molecule is CNC(=O)c1cn([C@@H]2O[C@H](CO)[C@@H](O)[C@H](O)[C@@H]2O)nn1. The summed E-state index contributed by atoms with van der Waals surface area (Å²) in [6.45, 7) is -0.543. The maximum Gasteiger partial charge on any atom is 0.273 e. The zero-order valence-electron chi connectivity index (χ0n) is 10.6. The van der Waals surface area contributed by atoms with Gasteiger partial charge in [-0.05, 0) is 0 Å². The highest BCUT2D eigenvalue weighted by Crippen LogP contribution is 2.27. The molecule has 0 aromatic carbocycles. The van der Waals surface area contributed by atoms with Crippen molar-refractivity contribution in [1.82, 2.24) is 20.3 Å². The van der Waals surface area contributed by atoms with Crippen molar-refractivity contribution in [3.05, 3.63) is 11.9 Å². The van der Waals surface area contributed by atoms with Crippen molar-refractivity contribution in [2.24, 2.45) is 0 Å². The number of aliphatic hydroxyl groups is 4. The summed E-state index contributed by atoms with van der Waals surface area (Å²) >= 11 is 0. The number of ether oxygens (including phenoxy) is 1. The van der Waals surface area contributed by atoms with Gasteiger partial charge in [-0.15, -0.1) is 5.10 Å². The second-order valence-electron chi connectivity index (χ2n) is 4.38. The number of aliphatic hydroxyl groups excluding tert-OH is 4. The summed E-state index contributed by atoms with van der Waals surface area (Å²) in [5, 5.41) is 47.8. The van der Waals surface area contributed by atoms with E-state index in [2.05, 4.69) is 15.6 Å². The molecule has 5 N–H and O–H groups in total. The highest BCUT2D eigenvalue weighted by atomic mass is 16.6. The number of carbonyl (C=O) groups excluding carboxylic acids is 1. The Balaban J connectivity index is 2.22. The minimum absolute atomic E-state index is 0.00413. The lowest BCUT2D eigenvalue weighted by Crippen LogP contribution is -2.56. The number of carbonyl (C=O) groups is 1. The van der Waals surface area contributed by atoms with Gasteiger partial charge in [0.1, 0.15) is 24.4 Å². The van der Waals surface area contributed by atoms with Crippen molar-refractivity contribution in [1.29, 1.82) is 0 Å². The fraction of sp³-hybridized carbons (Fsp3) is 0.700. The van der Waals surface area contributed by atoms with Gasteiger partial charge in [0.15, 0.2) is 11.9 Å². The number of rotatable bonds is 3. The molecule has 10 heteroatoms. The molecule has 1 fully saturated rings. The molecule has 5 atom stereocenters. The van der Waals surface area contributed by atoms with E-state index in [1.165, 1.54) is 13.2 Å². The van der Waals surface area contributed by atoms with E-state index in [-0.39, 0.29) is 5.69 Å². The Hall–Kier alpha value is -1.59. The van der Waals surface area contributed by atoms with Crippen LogP contribution in [0.3, 0.4) is 0 Å². The number of hydrogen-bond donors (Lipinski definition) is 5. The van der Waals surface area contributed by atoms with Crippen LogP contribution in [0.25, 0.3) is 0 Å². The van der Waals surface area contributed by atoms with Crippen molar-refractivity contribution in [2.75, 3.05) is 13.7 Å². The summed E-state index contributed by atoms with van der Waals surface area (Å²) < 4.78 is 6.31. The first-order valence-corrected chi connectivity index (χ1v) is 5.94. The molecular weight excluding hydrogens is 272 g/mol. The van der Waals surface area contributed by atoms with E-state index in [4.69, 9.17) is 9.84 Å². The molecule has 2 rings (SSSR count). The predicted molar refractivity (Wildman–Crippen MR) is 62.4 cm³/mol. The molecule has 0 radical (unpaired) electrons. The van der Waals surface area contributed by atoms with Gasteiger partial charge < -0.3 is 30.5 Å². The van der Waals surface area contributed by atoms with Crippen molar-refractivity contribution in [2.45, 2.75) is 30.6 Å². The Labute approximate surface area is 113 Å². The second kappa shape index (κ2) is 5.81. The quantitative estimate of drug-likeness (QED) is 0.386. The fourth-order valence-electron chi connectivity index (χ4n) is 1.93. The van der Waals surface area contributed by atoms with Crippen LogP contribution in [0.15, 0.2) is 6.20 Å². The second-order valence-corrected chi connectivity index (χ2v) is 4.38. The molecule has 0 saturated carbocycles. The molecule has 112 valence electrons. The van der Waals surface area contributed by atoms with Crippen LogP contribution in [0, 0.1) is 0 Å². The van der Waals surface area contributed by atoms with E-state index in [1.54, 1.807) is 0 Å². The summed E-state index contributed by atoms with van der Waals surface area (Å²) in [5.41, 5.74) is 0.00413. The first kappa shape index (κ1) is 14.8. The molecule has 1 aliphatic heterocycles. The van der Waals surface area contributed by atoms with E-state index in [0.717, 1.165) is 4.68 Å². The van der Waals surface area contributed by atoms with Gasteiger partial charge in [-0.3, -0.25) is 4.79 Å². The molecule has 1 aliphatic rings. The van der Waals surface area contributed by atoms with Gasteiger partial charge in [0.25, 0.3) is 5.91 Å². The number of nitrogens with zero attached hydrogens (tertiary/aromatic N) is 3. The van der Waals surface area contributed by atoms with E-state index in [9.17, 15) is 20.1 Å². The minimum Gasteiger partial charge on any atom is -0.394 e. The van der Waals surface area contributed by atoms with Gasteiger partial charge in [-0.1, -0.05) is 5.21 Å². The van der Waals surface area contributed by atoms with E-state index in [0.29, 0.717) is 0 Å². The lowest BCUT2D eigenvalue weighted by Gasteiger charge is -2.39. The van der Waals surface area contributed by atoms with E-state index in [1.807, 2.05) is 0 Å². The van der Waals surface area contributed by atoms with Gasteiger partial charge in [-0.2, -0.15) is 0 Å². The van der Waals surface area contributed by atoms with E-state index >= 15 is 0 Å². The molecule has 0 unspecified atom stereocenters. The van der Waals surface area contributed by atoms with Crippen LogP contribution < -0.4 is 5.32 Å². The van der Waals surface area contributed by atoms with Crippen molar-refractivity contribution in [3.63, 3.8) is 0 Å². The molecular formula is C10H16N4O6. The van der Waals surface area contributed by atoms with Crippen LogP contribution in [0.4, 0.5) is 0 Å². The predicted octanol–water partition coefficient (Wildman–Crippen LogP) is -3.39. The Kier molecular flexibility index (Phi) is 4.30. The first-order valence-electron chi connectivity index (χ1n) is 5.94. The molecule has 0 bridgehead atoms. The van der Waals surface area contributed by atoms with Crippen LogP contribution in [-0.4, -0.2) is 79.4 Å². The monoisotopic (exact) mass is 288 g/mol. The van der Waals surface area contributed by atoms with Crippen LogP contribution in [0.1, 0.15) is 16.7 Å². The number of nitrogens with one attached hydrogen (secondary N) is 1. The Morgan fingerprint density at radius 2 is 2.10 bits per heavy atom. The summed E-state index contributed by atoms with van der Waals surface area (Å²) in [4.78, 5) is 11.4. The molecule has 0 spiro atoms. The molecule has 0 aliphatic carbocycles. The van der Waals surface area contributed by atoms with Crippen molar-refractivity contribution in [3.8, 4) is 0 Å². The van der Waals surface area contributed by atoms with Crippen LogP contribution in [0.2, 0.25) is 0 Å². The third kappa shape index (κ3) is 2.51. The summed E-state index contributed by atoms with van der Waals surface area (Å²) in [5.74, 6) is -0.471. The Bertz CT molecular complexity index is 478. The fourth-order valence-corrected chi connectivity index (χ4v) is 1.93. The normalized spacial score (nSPS) is 34.0. The average Bonchev–Trinajstić information content (AvgIpc) is 2.94. The number of amides is 1. The average molecular weight is 288 g/mol. The first-order chi connectivity index (χ1) is 9.49. The van der Waals surface area contributed by atoms with Gasteiger partial charge in [0, 0.05) is 7.05 Å². The third-order valence-corrected chi connectivity index (χ3v) is 3.10. The lowest BCUT2D eigenvalue weighted by atomic mass is 9.98. The number of aromatic nitrogens is 3.